The Morgan fingerprint density at radius 3 is 2.41 bits per heavy atom. The molecule has 3 N–H and O–H groups in total. The van der Waals surface area contributed by atoms with Gasteiger partial charge in [-0.15, -0.1) is 0 Å². The van der Waals surface area contributed by atoms with Crippen molar-refractivity contribution in [2.75, 3.05) is 17.7 Å². The van der Waals surface area contributed by atoms with E-state index in [0.29, 0.717) is 33.8 Å². The third-order valence-corrected chi connectivity index (χ3v) is 4.24. The highest BCUT2D eigenvalue weighted by molar-refractivity contribution is 6.31. The van der Waals surface area contributed by atoms with Gasteiger partial charge < -0.3 is 20.5 Å². The van der Waals surface area contributed by atoms with E-state index in [0.717, 1.165) is 5.56 Å². The van der Waals surface area contributed by atoms with Gasteiger partial charge in [0.25, 0.3) is 0 Å². The number of para-hydroxylation sites is 1. The van der Waals surface area contributed by atoms with Gasteiger partial charge in [0.15, 0.2) is 0 Å². The number of ether oxygens (including phenoxy) is 1. The fourth-order valence-electron chi connectivity index (χ4n) is 2.48. The number of halogens is 1. The summed E-state index contributed by atoms with van der Waals surface area (Å²) >= 11 is 6.13. The fourth-order valence-corrected chi connectivity index (χ4v) is 2.63. The summed E-state index contributed by atoms with van der Waals surface area (Å²) in [6.45, 7) is 1.89. The van der Waals surface area contributed by atoms with Crippen LogP contribution in [0.25, 0.3) is 0 Å². The number of nitrogens with one attached hydrogen (secondary N) is 2. The van der Waals surface area contributed by atoms with Crippen LogP contribution in [0.3, 0.4) is 0 Å². The van der Waals surface area contributed by atoms with Crippen LogP contribution < -0.4 is 15.4 Å². The van der Waals surface area contributed by atoms with Gasteiger partial charge >= 0.3 is 5.97 Å². The Morgan fingerprint density at radius 1 is 1.07 bits per heavy atom. The van der Waals surface area contributed by atoms with E-state index in [9.17, 15) is 9.90 Å². The Kier molecular flexibility index (Phi) is 5.42. The predicted octanol–water partition coefficient (Wildman–Crippen LogP) is 4.63. The van der Waals surface area contributed by atoms with Crippen LogP contribution in [0.4, 0.5) is 23.0 Å². The Balaban J connectivity index is 1.87. The van der Waals surface area contributed by atoms with Gasteiger partial charge in [0.05, 0.1) is 24.0 Å². The zero-order chi connectivity index (χ0) is 19.4. The number of hydrogen-bond donors (Lipinski definition) is 3. The van der Waals surface area contributed by atoms with Crippen molar-refractivity contribution in [1.82, 2.24) is 9.97 Å². The second-order valence-corrected chi connectivity index (χ2v) is 6.10. The predicted molar refractivity (Wildman–Crippen MR) is 105 cm³/mol. The lowest BCUT2D eigenvalue weighted by Crippen LogP contribution is -2.04. The molecule has 1 aromatic heterocycles. The first-order valence-electron chi connectivity index (χ1n) is 8.00. The monoisotopic (exact) mass is 384 g/mol. The number of methoxy groups -OCH3 is 1. The number of carboxylic acids is 1. The zero-order valence-electron chi connectivity index (χ0n) is 14.7. The summed E-state index contributed by atoms with van der Waals surface area (Å²) in [4.78, 5) is 19.7. The van der Waals surface area contributed by atoms with Crippen molar-refractivity contribution in [3.63, 3.8) is 0 Å². The van der Waals surface area contributed by atoms with Gasteiger partial charge in [-0.3, -0.25) is 0 Å². The smallest absolute Gasteiger partial charge is 0.337 e. The molecule has 0 fully saturated rings. The number of hydrogen-bond acceptors (Lipinski definition) is 6. The summed E-state index contributed by atoms with van der Waals surface area (Å²) in [7, 11) is 1.56. The van der Waals surface area contributed by atoms with Crippen LogP contribution in [-0.4, -0.2) is 28.2 Å². The Hall–Kier alpha value is -3.32. The average molecular weight is 385 g/mol. The van der Waals surface area contributed by atoms with E-state index < -0.39 is 5.97 Å². The van der Waals surface area contributed by atoms with Gasteiger partial charge in [0.1, 0.15) is 23.7 Å². The van der Waals surface area contributed by atoms with E-state index in [-0.39, 0.29) is 5.56 Å². The molecule has 27 heavy (non-hydrogen) atoms. The van der Waals surface area contributed by atoms with Gasteiger partial charge in [0, 0.05) is 17.2 Å². The number of nitrogens with zero attached hydrogens (tertiary/aromatic N) is 2. The highest BCUT2D eigenvalue weighted by Gasteiger charge is 2.11. The van der Waals surface area contributed by atoms with Crippen molar-refractivity contribution in [3.8, 4) is 5.75 Å². The molecule has 7 nitrogen and oxygen atoms in total. The number of carboxylic acid groups (broad SMARTS) is 1. The molecule has 138 valence electrons. The minimum Gasteiger partial charge on any atom is -0.495 e. The highest BCUT2D eigenvalue weighted by atomic mass is 35.5. The molecular weight excluding hydrogens is 368 g/mol. The molecule has 3 aromatic rings. The summed E-state index contributed by atoms with van der Waals surface area (Å²) in [6, 6.07) is 11.9. The quantitative estimate of drug-likeness (QED) is 0.570. The Bertz CT molecular complexity index is 994. The number of aromatic nitrogens is 2. The lowest BCUT2D eigenvalue weighted by atomic mass is 10.2. The van der Waals surface area contributed by atoms with E-state index in [2.05, 4.69) is 20.6 Å². The maximum Gasteiger partial charge on any atom is 0.337 e. The molecule has 0 aliphatic carbocycles. The minimum atomic E-state index is -1.02. The highest BCUT2D eigenvalue weighted by Crippen LogP contribution is 2.33. The van der Waals surface area contributed by atoms with Gasteiger partial charge in [0.2, 0.25) is 0 Å². The maximum atomic E-state index is 11.3. The molecule has 0 saturated heterocycles. The number of anilines is 4. The SMILES string of the molecule is COc1cc(Cl)c(C)cc1Nc1cc(Nc2ccccc2C(=O)O)ncn1. The minimum absolute atomic E-state index is 0.153. The Morgan fingerprint density at radius 2 is 1.74 bits per heavy atom. The van der Waals surface area contributed by atoms with E-state index in [4.69, 9.17) is 16.3 Å². The lowest BCUT2D eigenvalue weighted by molar-refractivity contribution is 0.0698. The lowest BCUT2D eigenvalue weighted by Gasteiger charge is -2.13. The van der Waals surface area contributed by atoms with Gasteiger partial charge in [-0.25, -0.2) is 14.8 Å². The summed E-state index contributed by atoms with van der Waals surface area (Å²) in [5, 5.41) is 16.1. The molecule has 0 unspecified atom stereocenters. The molecular formula is C19H17ClN4O3. The third-order valence-electron chi connectivity index (χ3n) is 3.83. The molecule has 0 aliphatic rings. The molecule has 3 rings (SSSR count). The first-order valence-corrected chi connectivity index (χ1v) is 8.38. The van der Waals surface area contributed by atoms with Crippen LogP contribution in [0.2, 0.25) is 5.02 Å². The maximum absolute atomic E-state index is 11.3. The molecule has 0 saturated carbocycles. The van der Waals surface area contributed by atoms with Crippen LogP contribution in [0.5, 0.6) is 5.75 Å². The van der Waals surface area contributed by atoms with Crippen molar-refractivity contribution in [1.29, 1.82) is 0 Å². The fraction of sp³-hybridized carbons (Fsp3) is 0.105. The van der Waals surface area contributed by atoms with Crippen LogP contribution in [0.15, 0.2) is 48.8 Å². The van der Waals surface area contributed by atoms with E-state index in [1.165, 1.54) is 12.4 Å². The van der Waals surface area contributed by atoms with E-state index in [1.807, 2.05) is 13.0 Å². The van der Waals surface area contributed by atoms with Crippen LogP contribution in [-0.2, 0) is 0 Å². The summed E-state index contributed by atoms with van der Waals surface area (Å²) in [6.07, 6.45) is 1.38. The zero-order valence-corrected chi connectivity index (χ0v) is 15.4. The van der Waals surface area contributed by atoms with E-state index >= 15 is 0 Å². The topological polar surface area (TPSA) is 96.4 Å². The number of benzene rings is 2. The molecule has 0 spiro atoms. The van der Waals surface area contributed by atoms with Gasteiger partial charge in [-0.05, 0) is 30.7 Å². The molecule has 0 aliphatic heterocycles. The van der Waals surface area contributed by atoms with Crippen molar-refractivity contribution < 1.29 is 14.6 Å². The second-order valence-electron chi connectivity index (χ2n) is 5.69. The van der Waals surface area contributed by atoms with Gasteiger partial charge in [-0.1, -0.05) is 23.7 Å². The molecule has 8 heteroatoms. The number of aromatic carboxylic acids is 1. The number of rotatable bonds is 6. The first kappa shape index (κ1) is 18.5. The van der Waals surface area contributed by atoms with Crippen molar-refractivity contribution in [2.45, 2.75) is 6.92 Å². The standard InChI is InChI=1S/C19H17ClN4O3/c1-11-7-15(16(27-2)8-13(11)20)24-18-9-17(21-10-22-18)23-14-6-4-3-5-12(14)19(25)26/h3-10H,1-2H3,(H,25,26)(H2,21,22,23,24). The average Bonchev–Trinajstić information content (AvgIpc) is 2.65. The number of carbonyl (C=O) groups is 1. The molecule has 0 amide bonds. The van der Waals surface area contributed by atoms with Crippen LogP contribution in [0.1, 0.15) is 15.9 Å². The molecule has 2 aromatic carbocycles. The second kappa shape index (κ2) is 7.92. The van der Waals surface area contributed by atoms with Crippen molar-refractivity contribution in [2.24, 2.45) is 0 Å². The third kappa shape index (κ3) is 4.27. The molecule has 0 bridgehead atoms. The normalized spacial score (nSPS) is 10.3. The molecule has 0 atom stereocenters. The Labute approximate surface area is 161 Å². The molecule has 1 heterocycles. The van der Waals surface area contributed by atoms with Gasteiger partial charge in [-0.2, -0.15) is 0 Å². The van der Waals surface area contributed by atoms with Crippen LogP contribution >= 0.6 is 11.6 Å². The van der Waals surface area contributed by atoms with E-state index in [1.54, 1.807) is 37.4 Å². The van der Waals surface area contributed by atoms with Crippen molar-refractivity contribution >= 4 is 40.6 Å². The summed E-state index contributed by atoms with van der Waals surface area (Å²) in [5.74, 6) is 0.521. The van der Waals surface area contributed by atoms with Crippen LogP contribution in [0, 0.1) is 6.92 Å². The first-order chi connectivity index (χ1) is 13.0. The number of aryl methyl sites for hydroxylation is 1. The molecule has 0 radical (unpaired) electrons. The summed E-state index contributed by atoms with van der Waals surface area (Å²) < 4.78 is 5.35. The summed E-state index contributed by atoms with van der Waals surface area (Å²) in [5.41, 5.74) is 2.19. The van der Waals surface area contributed by atoms with Crippen molar-refractivity contribution in [3.05, 3.63) is 64.9 Å². The largest absolute Gasteiger partial charge is 0.495 e.